The van der Waals surface area contributed by atoms with Gasteiger partial charge in [-0.25, -0.2) is 0 Å². The molecular weight excluding hydrogens is 348 g/mol. The summed E-state index contributed by atoms with van der Waals surface area (Å²) >= 11 is 0. The molecule has 1 saturated carbocycles. The van der Waals surface area contributed by atoms with Crippen molar-refractivity contribution in [2.45, 2.75) is 76.7 Å². The van der Waals surface area contributed by atoms with Gasteiger partial charge in [0.25, 0.3) is 0 Å². The van der Waals surface area contributed by atoms with Crippen LogP contribution in [0.2, 0.25) is 0 Å². The van der Waals surface area contributed by atoms with E-state index in [1.807, 2.05) is 0 Å². The lowest BCUT2D eigenvalue weighted by Gasteiger charge is -2.47. The Morgan fingerprint density at radius 2 is 1.86 bits per heavy atom. The van der Waals surface area contributed by atoms with Gasteiger partial charge in [0.15, 0.2) is 0 Å². The van der Waals surface area contributed by atoms with Crippen molar-refractivity contribution in [2.24, 2.45) is 11.8 Å². The van der Waals surface area contributed by atoms with Crippen molar-refractivity contribution in [1.82, 2.24) is 10.2 Å². The number of hydrogen-bond acceptors (Lipinski definition) is 2. The molecule has 3 fully saturated rings. The fraction of sp³-hybridized carbons (Fsp3) is 0.667. The maximum atomic E-state index is 13.0. The number of carbonyl (C=O) groups excluding carboxylic acids is 2. The average Bonchev–Trinajstić information content (AvgIpc) is 3.01. The van der Waals surface area contributed by atoms with Crippen LogP contribution in [0.5, 0.6) is 0 Å². The molecule has 2 heterocycles. The molecule has 2 atom stereocenters. The van der Waals surface area contributed by atoms with Crippen LogP contribution in [-0.2, 0) is 15.0 Å². The van der Waals surface area contributed by atoms with Gasteiger partial charge in [0.1, 0.15) is 0 Å². The minimum absolute atomic E-state index is 0.0594. The first-order chi connectivity index (χ1) is 13.2. The molecule has 0 radical (unpaired) electrons. The Bertz CT molecular complexity index is 756. The fourth-order valence-corrected chi connectivity index (χ4v) is 5.47. The van der Waals surface area contributed by atoms with E-state index in [2.05, 4.69) is 62.2 Å². The molecule has 4 rings (SSSR count). The first-order valence-corrected chi connectivity index (χ1v) is 10.9. The minimum Gasteiger partial charge on any atom is -0.351 e. The smallest absolute Gasteiger partial charge is 0.225 e. The van der Waals surface area contributed by atoms with Crippen LogP contribution in [0.1, 0.15) is 76.8 Å². The SMILES string of the molecule is C[C@H]1CN(C(=O)C2CC3(CCC(=O)N3)C2)CC[C@H]1c1ccc(C(C)(C)C)cc1. The van der Waals surface area contributed by atoms with Crippen LogP contribution in [0.25, 0.3) is 0 Å². The fourth-order valence-electron chi connectivity index (χ4n) is 5.47. The van der Waals surface area contributed by atoms with Crippen LogP contribution >= 0.6 is 0 Å². The van der Waals surface area contributed by atoms with Gasteiger partial charge < -0.3 is 10.2 Å². The Labute approximate surface area is 169 Å². The van der Waals surface area contributed by atoms with E-state index in [9.17, 15) is 9.59 Å². The van der Waals surface area contributed by atoms with Gasteiger partial charge in [0.05, 0.1) is 0 Å². The van der Waals surface area contributed by atoms with Crippen molar-refractivity contribution in [3.8, 4) is 0 Å². The summed E-state index contributed by atoms with van der Waals surface area (Å²) in [7, 11) is 0. The Kier molecular flexibility index (Phi) is 4.79. The maximum Gasteiger partial charge on any atom is 0.225 e. The van der Waals surface area contributed by atoms with E-state index in [0.29, 0.717) is 24.2 Å². The lowest BCUT2D eigenvalue weighted by Crippen LogP contribution is -2.57. The summed E-state index contributed by atoms with van der Waals surface area (Å²) in [5.74, 6) is 1.56. The highest BCUT2D eigenvalue weighted by Crippen LogP contribution is 2.45. The van der Waals surface area contributed by atoms with Crippen molar-refractivity contribution in [1.29, 1.82) is 0 Å². The molecule has 4 heteroatoms. The van der Waals surface area contributed by atoms with Gasteiger partial charge in [-0.1, -0.05) is 52.0 Å². The molecule has 28 heavy (non-hydrogen) atoms. The van der Waals surface area contributed by atoms with Crippen molar-refractivity contribution < 1.29 is 9.59 Å². The molecule has 2 amide bonds. The molecule has 152 valence electrons. The molecule has 4 nitrogen and oxygen atoms in total. The van der Waals surface area contributed by atoms with E-state index in [-0.39, 0.29) is 22.8 Å². The summed E-state index contributed by atoms with van der Waals surface area (Å²) in [4.78, 5) is 26.6. The van der Waals surface area contributed by atoms with E-state index >= 15 is 0 Å². The number of nitrogens with zero attached hydrogens (tertiary/aromatic N) is 1. The van der Waals surface area contributed by atoms with E-state index in [0.717, 1.165) is 38.8 Å². The molecule has 1 spiro atoms. The third kappa shape index (κ3) is 3.58. The quantitative estimate of drug-likeness (QED) is 0.841. The second-order valence-electron chi connectivity index (χ2n) is 10.5. The summed E-state index contributed by atoms with van der Waals surface area (Å²) in [6, 6.07) is 9.11. The maximum absolute atomic E-state index is 13.0. The van der Waals surface area contributed by atoms with E-state index in [4.69, 9.17) is 0 Å². The predicted octanol–water partition coefficient (Wildman–Crippen LogP) is 3.99. The highest BCUT2D eigenvalue weighted by molar-refractivity contribution is 5.83. The number of piperidine rings is 1. The molecule has 2 aliphatic heterocycles. The number of hydrogen-bond donors (Lipinski definition) is 1. The Morgan fingerprint density at radius 3 is 2.39 bits per heavy atom. The molecule has 1 aromatic carbocycles. The number of amides is 2. The molecule has 2 saturated heterocycles. The molecule has 1 aromatic rings. The van der Waals surface area contributed by atoms with Crippen molar-refractivity contribution >= 4 is 11.8 Å². The monoisotopic (exact) mass is 382 g/mol. The van der Waals surface area contributed by atoms with Gasteiger partial charge in [-0.05, 0) is 54.1 Å². The third-order valence-corrected chi connectivity index (χ3v) is 7.28. The number of benzene rings is 1. The molecule has 1 aliphatic carbocycles. The summed E-state index contributed by atoms with van der Waals surface area (Å²) in [5, 5.41) is 3.10. The first-order valence-electron chi connectivity index (χ1n) is 10.9. The second-order valence-corrected chi connectivity index (χ2v) is 10.5. The third-order valence-electron chi connectivity index (χ3n) is 7.28. The van der Waals surface area contributed by atoms with Gasteiger partial charge in [0, 0.05) is 31.0 Å². The standard InChI is InChI=1S/C24H34N2O2/c1-16-15-26(22(28)18-13-24(14-18)11-9-21(27)25-24)12-10-20(16)17-5-7-19(8-6-17)23(2,3)4/h5-8,16,18,20H,9-15H2,1-4H3,(H,25,27)/t16-,18?,20+,24?/m0/s1. The number of likely N-dealkylation sites (tertiary alicyclic amines) is 1. The van der Waals surface area contributed by atoms with Gasteiger partial charge in [0.2, 0.25) is 11.8 Å². The number of carbonyl (C=O) groups is 2. The number of rotatable bonds is 2. The van der Waals surface area contributed by atoms with E-state index in [1.165, 1.54) is 11.1 Å². The lowest BCUT2D eigenvalue weighted by atomic mass is 9.66. The van der Waals surface area contributed by atoms with E-state index in [1.54, 1.807) is 0 Å². The van der Waals surface area contributed by atoms with Crippen LogP contribution in [0, 0.1) is 11.8 Å². The summed E-state index contributed by atoms with van der Waals surface area (Å²) < 4.78 is 0. The lowest BCUT2D eigenvalue weighted by molar-refractivity contribution is -0.143. The highest BCUT2D eigenvalue weighted by Gasteiger charge is 2.52. The molecule has 0 bridgehead atoms. The van der Waals surface area contributed by atoms with Crippen LogP contribution in [-0.4, -0.2) is 35.3 Å². The molecule has 0 unspecified atom stereocenters. The normalized spacial score (nSPS) is 32.9. The average molecular weight is 383 g/mol. The zero-order valence-electron chi connectivity index (χ0n) is 17.8. The molecule has 1 N–H and O–H groups in total. The molecule has 0 aromatic heterocycles. The second kappa shape index (κ2) is 6.89. The Balaban J connectivity index is 1.34. The van der Waals surface area contributed by atoms with E-state index < -0.39 is 0 Å². The van der Waals surface area contributed by atoms with Crippen molar-refractivity contribution in [3.63, 3.8) is 0 Å². The minimum atomic E-state index is -0.0594. The van der Waals surface area contributed by atoms with Gasteiger partial charge in [-0.2, -0.15) is 0 Å². The Hall–Kier alpha value is -1.84. The molecule has 3 aliphatic rings. The summed E-state index contributed by atoms with van der Waals surface area (Å²) in [6.07, 6.45) is 4.23. The van der Waals surface area contributed by atoms with Gasteiger partial charge in [-0.15, -0.1) is 0 Å². The molecular formula is C24H34N2O2. The van der Waals surface area contributed by atoms with Crippen molar-refractivity contribution in [2.75, 3.05) is 13.1 Å². The summed E-state index contributed by atoms with van der Waals surface area (Å²) in [5.41, 5.74) is 2.90. The van der Waals surface area contributed by atoms with Crippen LogP contribution < -0.4 is 5.32 Å². The van der Waals surface area contributed by atoms with Crippen LogP contribution in [0.4, 0.5) is 0 Å². The first kappa shape index (κ1) is 19.5. The highest BCUT2D eigenvalue weighted by atomic mass is 16.2. The number of nitrogens with one attached hydrogen (secondary N) is 1. The largest absolute Gasteiger partial charge is 0.351 e. The van der Waals surface area contributed by atoms with Crippen LogP contribution in [0.3, 0.4) is 0 Å². The zero-order valence-corrected chi connectivity index (χ0v) is 17.8. The van der Waals surface area contributed by atoms with Crippen LogP contribution in [0.15, 0.2) is 24.3 Å². The van der Waals surface area contributed by atoms with Gasteiger partial charge in [-0.3, -0.25) is 9.59 Å². The predicted molar refractivity (Wildman–Crippen MR) is 111 cm³/mol. The topological polar surface area (TPSA) is 49.4 Å². The van der Waals surface area contributed by atoms with Crippen molar-refractivity contribution in [3.05, 3.63) is 35.4 Å². The zero-order chi connectivity index (χ0) is 20.1. The van der Waals surface area contributed by atoms with Gasteiger partial charge >= 0.3 is 0 Å². The summed E-state index contributed by atoms with van der Waals surface area (Å²) in [6.45, 7) is 10.7. The Morgan fingerprint density at radius 1 is 1.18 bits per heavy atom.